The molecule has 0 bridgehead atoms. The van der Waals surface area contributed by atoms with Crippen molar-refractivity contribution < 1.29 is 37.4 Å². The minimum atomic E-state index is -4.26. The van der Waals surface area contributed by atoms with Crippen LogP contribution in [0.3, 0.4) is 0 Å². The summed E-state index contributed by atoms with van der Waals surface area (Å²) in [7, 11) is -2.59. The summed E-state index contributed by atoms with van der Waals surface area (Å²) in [5, 5.41) is 16.4. The number of aliphatic hydroxyl groups excluding tert-OH is 1. The molecule has 15 heteroatoms. The zero-order valence-electron chi connectivity index (χ0n) is 23.1. The fraction of sp³-hybridized carbons (Fsp3) is 0.520. The summed E-state index contributed by atoms with van der Waals surface area (Å²) in [4.78, 5) is 25.3. The second-order valence-corrected chi connectivity index (χ2v) is 11.5. The van der Waals surface area contributed by atoms with Crippen LogP contribution in [0.4, 0.5) is 10.2 Å². The molecule has 3 N–H and O–H groups in total. The number of hydrogen-bond acceptors (Lipinski definition) is 11. The molecule has 1 saturated heterocycles. The molecule has 1 aliphatic rings. The number of aromatic nitrogens is 4. The zero-order valence-corrected chi connectivity index (χ0v) is 24.0. The first-order valence-corrected chi connectivity index (χ1v) is 14.3. The molecule has 0 radical (unpaired) electrons. The summed E-state index contributed by atoms with van der Waals surface area (Å²) in [6.45, 7) is 7.13. The van der Waals surface area contributed by atoms with Crippen LogP contribution in [0.25, 0.3) is 11.2 Å². The van der Waals surface area contributed by atoms with Crippen molar-refractivity contribution in [3.05, 3.63) is 42.5 Å². The Morgan fingerprint density at radius 1 is 1.27 bits per heavy atom. The first-order valence-electron chi connectivity index (χ1n) is 12.7. The van der Waals surface area contributed by atoms with Crippen molar-refractivity contribution in [2.24, 2.45) is 0 Å². The van der Waals surface area contributed by atoms with Crippen LogP contribution >= 0.6 is 7.75 Å². The maximum Gasteiger partial charge on any atom is 0.459 e. The smallest absolute Gasteiger partial charge is 0.459 e. The Labute approximate surface area is 231 Å². The van der Waals surface area contributed by atoms with Gasteiger partial charge in [0.15, 0.2) is 28.9 Å². The number of ether oxygens (including phenoxy) is 2. The van der Waals surface area contributed by atoms with E-state index in [2.05, 4.69) is 25.4 Å². The highest BCUT2D eigenvalue weighted by atomic mass is 31.2. The number of alkyl halides is 1. The fourth-order valence-corrected chi connectivity index (χ4v) is 5.73. The molecule has 6 atom stereocenters. The van der Waals surface area contributed by atoms with Gasteiger partial charge >= 0.3 is 13.7 Å². The first kappa shape index (κ1) is 29.8. The number of para-hydroxylation sites is 1. The number of nitrogens with zero attached hydrogens (tertiary/aromatic N) is 4. The van der Waals surface area contributed by atoms with E-state index in [9.17, 15) is 14.5 Å². The van der Waals surface area contributed by atoms with Gasteiger partial charge in [-0.05, 0) is 46.8 Å². The van der Waals surface area contributed by atoms with Crippen LogP contribution in [-0.4, -0.2) is 74.3 Å². The van der Waals surface area contributed by atoms with E-state index in [4.69, 9.17) is 18.5 Å². The van der Waals surface area contributed by atoms with Crippen LogP contribution in [0.1, 0.15) is 39.7 Å². The van der Waals surface area contributed by atoms with Crippen molar-refractivity contribution in [2.45, 2.75) is 70.9 Å². The lowest BCUT2D eigenvalue weighted by Crippen LogP contribution is -2.41. The SMILES string of the molecule is CNc1nc(C)nc2c1ncn2[C@@H]1O[C@H](CO[P@](=O)(NC(C)C(=O)OC(C)C)Oc2ccccc2)[C@@H](O)[C@@]1(C)F. The van der Waals surface area contributed by atoms with Gasteiger partial charge in [-0.25, -0.2) is 23.9 Å². The third-order valence-electron chi connectivity index (χ3n) is 6.17. The molecule has 1 unspecified atom stereocenters. The molecule has 1 fully saturated rings. The van der Waals surface area contributed by atoms with Crippen LogP contribution < -0.4 is 14.9 Å². The number of rotatable bonds is 11. The number of nitrogens with one attached hydrogen (secondary N) is 2. The largest absolute Gasteiger partial charge is 0.462 e. The Morgan fingerprint density at radius 2 is 1.98 bits per heavy atom. The van der Waals surface area contributed by atoms with E-state index in [1.165, 1.54) is 24.7 Å². The highest BCUT2D eigenvalue weighted by molar-refractivity contribution is 7.52. The molecular formula is C25H34FN6O7P. The fourth-order valence-electron chi connectivity index (χ4n) is 4.23. The average molecular weight is 581 g/mol. The van der Waals surface area contributed by atoms with Gasteiger partial charge in [0.1, 0.15) is 29.8 Å². The lowest BCUT2D eigenvalue weighted by atomic mass is 9.98. The van der Waals surface area contributed by atoms with Crippen LogP contribution in [0.5, 0.6) is 5.75 Å². The topological polar surface area (TPSA) is 159 Å². The van der Waals surface area contributed by atoms with Gasteiger partial charge in [0.25, 0.3) is 0 Å². The molecule has 0 spiro atoms. The summed E-state index contributed by atoms with van der Waals surface area (Å²) in [5.41, 5.74) is -1.61. The van der Waals surface area contributed by atoms with Crippen molar-refractivity contribution in [1.82, 2.24) is 24.6 Å². The molecule has 0 aliphatic carbocycles. The molecule has 1 aliphatic heterocycles. The van der Waals surface area contributed by atoms with Gasteiger partial charge in [-0.2, -0.15) is 5.09 Å². The number of anilines is 1. The summed E-state index contributed by atoms with van der Waals surface area (Å²) in [6, 6.07) is 7.10. The molecule has 3 heterocycles. The van der Waals surface area contributed by atoms with E-state index in [0.29, 0.717) is 22.8 Å². The van der Waals surface area contributed by atoms with Crippen LogP contribution in [0.15, 0.2) is 36.7 Å². The molecule has 0 saturated carbocycles. The number of aryl methyl sites for hydroxylation is 1. The van der Waals surface area contributed by atoms with Crippen molar-refractivity contribution >= 4 is 30.7 Å². The molecule has 4 rings (SSSR count). The number of carbonyl (C=O) groups excluding carboxylic acids is 1. The Hall–Kier alpha value is -3.16. The molecule has 1 aromatic carbocycles. The predicted octanol–water partition coefficient (Wildman–Crippen LogP) is 3.30. The van der Waals surface area contributed by atoms with E-state index >= 15 is 4.39 Å². The minimum Gasteiger partial charge on any atom is -0.462 e. The van der Waals surface area contributed by atoms with Crippen LogP contribution in [0, 0.1) is 6.92 Å². The number of hydrogen-bond donors (Lipinski definition) is 3. The molecule has 218 valence electrons. The van der Waals surface area contributed by atoms with Gasteiger partial charge in [0, 0.05) is 7.05 Å². The highest BCUT2D eigenvalue weighted by Crippen LogP contribution is 2.48. The van der Waals surface area contributed by atoms with Crippen molar-refractivity contribution in [2.75, 3.05) is 19.0 Å². The van der Waals surface area contributed by atoms with Gasteiger partial charge in [-0.1, -0.05) is 18.2 Å². The van der Waals surface area contributed by atoms with E-state index in [0.717, 1.165) is 0 Å². The Morgan fingerprint density at radius 3 is 2.62 bits per heavy atom. The molecular weight excluding hydrogens is 546 g/mol. The summed E-state index contributed by atoms with van der Waals surface area (Å²) >= 11 is 0. The second-order valence-electron chi connectivity index (χ2n) is 9.85. The summed E-state index contributed by atoms with van der Waals surface area (Å²) < 4.78 is 53.4. The molecule has 3 aromatic rings. The Kier molecular flexibility index (Phi) is 8.76. The van der Waals surface area contributed by atoms with Gasteiger partial charge in [-0.15, -0.1) is 0 Å². The second kappa shape index (κ2) is 11.8. The molecule has 13 nitrogen and oxygen atoms in total. The van der Waals surface area contributed by atoms with Crippen molar-refractivity contribution in [1.29, 1.82) is 0 Å². The third kappa shape index (κ3) is 6.26. The van der Waals surface area contributed by atoms with E-state index in [-0.39, 0.29) is 5.75 Å². The lowest BCUT2D eigenvalue weighted by molar-refractivity contribution is -0.149. The van der Waals surface area contributed by atoms with Crippen molar-refractivity contribution in [3.63, 3.8) is 0 Å². The first-order chi connectivity index (χ1) is 18.8. The zero-order chi connectivity index (χ0) is 29.2. The van der Waals surface area contributed by atoms with Gasteiger partial charge in [-0.3, -0.25) is 13.9 Å². The number of aliphatic hydroxyl groups is 1. The number of carbonyl (C=O) groups is 1. The number of halogens is 1. The molecule has 40 heavy (non-hydrogen) atoms. The number of benzene rings is 1. The maximum atomic E-state index is 16.0. The Bertz CT molecular complexity index is 1390. The van der Waals surface area contributed by atoms with Gasteiger partial charge in [0.05, 0.1) is 19.0 Å². The van der Waals surface area contributed by atoms with Crippen LogP contribution in [-0.2, 0) is 23.4 Å². The van der Waals surface area contributed by atoms with Gasteiger partial charge in [0.2, 0.25) is 0 Å². The Balaban J connectivity index is 1.56. The average Bonchev–Trinajstić information content (AvgIpc) is 3.40. The maximum absolute atomic E-state index is 16.0. The predicted molar refractivity (Wildman–Crippen MR) is 143 cm³/mol. The lowest BCUT2D eigenvalue weighted by Gasteiger charge is -2.25. The monoisotopic (exact) mass is 580 g/mol. The van der Waals surface area contributed by atoms with Crippen molar-refractivity contribution in [3.8, 4) is 5.75 Å². The van der Waals surface area contributed by atoms with E-state index in [1.54, 1.807) is 58.2 Å². The number of esters is 1. The van der Waals surface area contributed by atoms with E-state index < -0.39 is 56.6 Å². The highest BCUT2D eigenvalue weighted by Gasteiger charge is 2.56. The minimum absolute atomic E-state index is 0.198. The molecule has 0 amide bonds. The number of imidazole rings is 1. The standard InChI is InChI=1S/C25H34FN6O7P/c1-14(2)37-23(34)15(3)31-40(35,39-17-10-8-7-9-11-17)36-12-18-20(33)25(5,26)24(38-18)32-13-28-19-21(27-6)29-16(4)30-22(19)32/h7-11,13-15,18,20,24,33H,12H2,1-6H3,(H,31,35)(H,27,29,30)/t15?,18-,20-,24-,25-,40-/m1/s1. The third-order valence-corrected chi connectivity index (χ3v) is 7.82. The normalized spacial score (nSPS) is 25.1. The molecule has 2 aromatic heterocycles. The van der Waals surface area contributed by atoms with Crippen LogP contribution in [0.2, 0.25) is 0 Å². The number of fused-ring (bicyclic) bond motifs is 1. The summed E-state index contributed by atoms with van der Waals surface area (Å²) in [6.07, 6.45) is -3.34. The van der Waals surface area contributed by atoms with E-state index in [1.807, 2.05) is 0 Å². The van der Waals surface area contributed by atoms with Gasteiger partial charge < -0.3 is 24.4 Å². The summed E-state index contributed by atoms with van der Waals surface area (Å²) in [5.74, 6) is 0.404. The quantitative estimate of drug-likeness (QED) is 0.225.